The fourth-order valence-corrected chi connectivity index (χ4v) is 1.88. The van der Waals surface area contributed by atoms with E-state index in [-0.39, 0.29) is 11.4 Å². The molecule has 0 radical (unpaired) electrons. The highest BCUT2D eigenvalue weighted by atomic mass is 16.5. The number of aromatic hydroxyl groups is 1. The molecular weight excluding hydrogens is 226 g/mol. The summed E-state index contributed by atoms with van der Waals surface area (Å²) in [6.07, 6.45) is 0. The quantitative estimate of drug-likeness (QED) is 0.643. The van der Waals surface area contributed by atoms with Gasteiger partial charge in [-0.2, -0.15) is 0 Å². The Balaban J connectivity index is 2.19. The van der Waals surface area contributed by atoms with Gasteiger partial charge in [-0.3, -0.25) is 0 Å². The van der Waals surface area contributed by atoms with Gasteiger partial charge in [0.25, 0.3) is 0 Å². The van der Waals surface area contributed by atoms with Crippen molar-refractivity contribution in [2.24, 2.45) is 0 Å². The molecular formula is C15H17NO2. The number of hydrogen-bond donors (Lipinski definition) is 2. The molecule has 0 fully saturated rings. The third kappa shape index (κ3) is 2.40. The van der Waals surface area contributed by atoms with E-state index in [2.05, 4.69) is 26.0 Å². The number of anilines is 1. The third-order valence-electron chi connectivity index (χ3n) is 3.06. The number of aryl methyl sites for hydroxylation is 2. The van der Waals surface area contributed by atoms with E-state index in [1.54, 1.807) is 18.2 Å². The fourth-order valence-electron chi connectivity index (χ4n) is 1.88. The van der Waals surface area contributed by atoms with Gasteiger partial charge in [0.15, 0.2) is 0 Å². The molecule has 2 aromatic carbocycles. The van der Waals surface area contributed by atoms with E-state index >= 15 is 0 Å². The van der Waals surface area contributed by atoms with Crippen LogP contribution in [0.25, 0.3) is 0 Å². The molecule has 0 unspecified atom stereocenters. The first-order valence-corrected chi connectivity index (χ1v) is 5.85. The molecule has 0 aliphatic heterocycles. The molecule has 3 nitrogen and oxygen atoms in total. The minimum Gasteiger partial charge on any atom is -0.506 e. The largest absolute Gasteiger partial charge is 0.506 e. The van der Waals surface area contributed by atoms with E-state index < -0.39 is 0 Å². The van der Waals surface area contributed by atoms with Gasteiger partial charge < -0.3 is 15.6 Å². The Morgan fingerprint density at radius 3 is 2.33 bits per heavy atom. The van der Waals surface area contributed by atoms with Crippen LogP contribution in [-0.2, 0) is 6.61 Å². The molecule has 0 saturated carbocycles. The minimum atomic E-state index is 0.0500. The van der Waals surface area contributed by atoms with Crippen molar-refractivity contribution in [3.8, 4) is 11.5 Å². The first-order chi connectivity index (χ1) is 8.59. The highest BCUT2D eigenvalue weighted by Gasteiger charge is 2.07. The van der Waals surface area contributed by atoms with Gasteiger partial charge in [-0.1, -0.05) is 24.3 Å². The topological polar surface area (TPSA) is 55.5 Å². The van der Waals surface area contributed by atoms with E-state index in [9.17, 15) is 5.11 Å². The summed E-state index contributed by atoms with van der Waals surface area (Å²) in [5.41, 5.74) is 9.56. The predicted octanol–water partition coefficient (Wildman–Crippen LogP) is 3.17. The van der Waals surface area contributed by atoms with Crippen LogP contribution in [0.1, 0.15) is 16.7 Å². The minimum absolute atomic E-state index is 0.0500. The van der Waals surface area contributed by atoms with Crippen molar-refractivity contribution in [3.63, 3.8) is 0 Å². The van der Waals surface area contributed by atoms with Gasteiger partial charge in [0.2, 0.25) is 0 Å². The van der Waals surface area contributed by atoms with Crippen LogP contribution in [0.5, 0.6) is 11.5 Å². The number of phenolic OH excluding ortho intramolecular Hbond substituents is 1. The van der Waals surface area contributed by atoms with Gasteiger partial charge in [-0.15, -0.1) is 0 Å². The maximum absolute atomic E-state index is 9.50. The van der Waals surface area contributed by atoms with Gasteiger partial charge in [-0.05, 0) is 42.7 Å². The Morgan fingerprint density at radius 1 is 1.06 bits per heavy atom. The standard InChI is InChI=1S/C15H17NO2/c1-10-5-3-6-11(2)12(10)9-18-14-8-4-7-13(17)15(14)16/h3-8,17H,9,16H2,1-2H3. The molecule has 0 aliphatic rings. The Hall–Kier alpha value is -2.16. The Bertz CT molecular complexity index is 544. The zero-order valence-corrected chi connectivity index (χ0v) is 10.6. The molecule has 18 heavy (non-hydrogen) atoms. The Morgan fingerprint density at radius 2 is 1.67 bits per heavy atom. The summed E-state index contributed by atoms with van der Waals surface area (Å²) in [5, 5.41) is 9.50. The highest BCUT2D eigenvalue weighted by Crippen LogP contribution is 2.30. The number of ether oxygens (including phenoxy) is 1. The summed E-state index contributed by atoms with van der Waals surface area (Å²) in [6, 6.07) is 11.1. The second-order valence-electron chi connectivity index (χ2n) is 4.35. The molecule has 0 heterocycles. The van der Waals surface area contributed by atoms with Crippen molar-refractivity contribution in [2.45, 2.75) is 20.5 Å². The highest BCUT2D eigenvalue weighted by molar-refractivity contribution is 5.61. The van der Waals surface area contributed by atoms with Crippen LogP contribution in [0.15, 0.2) is 36.4 Å². The second kappa shape index (κ2) is 5.00. The summed E-state index contributed by atoms with van der Waals surface area (Å²) >= 11 is 0. The van der Waals surface area contributed by atoms with Crippen molar-refractivity contribution in [1.29, 1.82) is 0 Å². The smallest absolute Gasteiger partial charge is 0.146 e. The number of para-hydroxylation sites is 1. The van der Waals surface area contributed by atoms with Crippen molar-refractivity contribution in [2.75, 3.05) is 5.73 Å². The molecule has 0 aromatic heterocycles. The molecule has 0 bridgehead atoms. The maximum atomic E-state index is 9.50. The Kier molecular flexibility index (Phi) is 3.42. The SMILES string of the molecule is Cc1cccc(C)c1COc1cccc(O)c1N. The van der Waals surface area contributed by atoms with Crippen molar-refractivity contribution in [1.82, 2.24) is 0 Å². The van der Waals surface area contributed by atoms with Gasteiger partial charge in [0.05, 0.1) is 0 Å². The number of nitrogen functional groups attached to an aromatic ring is 1. The van der Waals surface area contributed by atoms with E-state index in [1.165, 1.54) is 11.1 Å². The molecule has 0 aliphatic carbocycles. The molecule has 94 valence electrons. The first-order valence-electron chi connectivity index (χ1n) is 5.85. The lowest BCUT2D eigenvalue weighted by molar-refractivity contribution is 0.305. The number of benzene rings is 2. The van der Waals surface area contributed by atoms with Crippen LogP contribution in [0.3, 0.4) is 0 Å². The molecule has 3 heteroatoms. The second-order valence-corrected chi connectivity index (χ2v) is 4.35. The van der Waals surface area contributed by atoms with Crippen LogP contribution >= 0.6 is 0 Å². The molecule has 2 rings (SSSR count). The molecule has 3 N–H and O–H groups in total. The predicted molar refractivity (Wildman–Crippen MR) is 72.8 cm³/mol. The van der Waals surface area contributed by atoms with E-state index in [1.807, 2.05) is 6.07 Å². The van der Waals surface area contributed by atoms with Gasteiger partial charge in [-0.25, -0.2) is 0 Å². The van der Waals surface area contributed by atoms with E-state index in [0.29, 0.717) is 12.4 Å². The average molecular weight is 243 g/mol. The van der Waals surface area contributed by atoms with Crippen molar-refractivity contribution < 1.29 is 9.84 Å². The normalized spacial score (nSPS) is 10.3. The van der Waals surface area contributed by atoms with E-state index in [4.69, 9.17) is 10.5 Å². The maximum Gasteiger partial charge on any atom is 0.146 e. The summed E-state index contributed by atoms with van der Waals surface area (Å²) in [4.78, 5) is 0. The molecule has 0 spiro atoms. The van der Waals surface area contributed by atoms with Crippen LogP contribution in [0.4, 0.5) is 5.69 Å². The van der Waals surface area contributed by atoms with Crippen LogP contribution in [-0.4, -0.2) is 5.11 Å². The zero-order valence-electron chi connectivity index (χ0n) is 10.6. The van der Waals surface area contributed by atoms with Crippen molar-refractivity contribution in [3.05, 3.63) is 53.1 Å². The summed E-state index contributed by atoms with van der Waals surface area (Å²) < 4.78 is 5.68. The van der Waals surface area contributed by atoms with E-state index in [0.717, 1.165) is 5.56 Å². The fraction of sp³-hybridized carbons (Fsp3) is 0.200. The van der Waals surface area contributed by atoms with Crippen LogP contribution in [0, 0.1) is 13.8 Å². The lowest BCUT2D eigenvalue weighted by atomic mass is 10.0. The molecule has 0 saturated heterocycles. The van der Waals surface area contributed by atoms with Gasteiger partial charge in [0.1, 0.15) is 23.8 Å². The molecule has 0 atom stereocenters. The summed E-state index contributed by atoms with van der Waals surface area (Å²) in [5.74, 6) is 0.562. The first kappa shape index (κ1) is 12.3. The summed E-state index contributed by atoms with van der Waals surface area (Å²) in [6.45, 7) is 4.56. The number of nitrogens with two attached hydrogens (primary N) is 1. The molecule has 2 aromatic rings. The lowest BCUT2D eigenvalue weighted by Gasteiger charge is -2.13. The van der Waals surface area contributed by atoms with Gasteiger partial charge >= 0.3 is 0 Å². The average Bonchev–Trinajstić information content (AvgIpc) is 2.33. The monoisotopic (exact) mass is 243 g/mol. The van der Waals surface area contributed by atoms with Crippen molar-refractivity contribution >= 4 is 5.69 Å². The summed E-state index contributed by atoms with van der Waals surface area (Å²) in [7, 11) is 0. The van der Waals surface area contributed by atoms with Crippen LogP contribution in [0.2, 0.25) is 0 Å². The van der Waals surface area contributed by atoms with Gasteiger partial charge in [0, 0.05) is 0 Å². The number of hydrogen-bond acceptors (Lipinski definition) is 3. The molecule has 0 amide bonds. The van der Waals surface area contributed by atoms with Crippen LogP contribution < -0.4 is 10.5 Å². The number of rotatable bonds is 3. The third-order valence-corrected chi connectivity index (χ3v) is 3.06. The Labute approximate surface area is 107 Å². The zero-order chi connectivity index (χ0) is 13.1. The lowest BCUT2D eigenvalue weighted by Crippen LogP contribution is -2.02. The number of phenols is 1.